The highest BCUT2D eigenvalue weighted by Gasteiger charge is 2.18. The van der Waals surface area contributed by atoms with E-state index in [9.17, 15) is 0 Å². The standard InChI is InChI=1S/C56H36N2/c1-3-15-37(16-4-1)43-31-34-54(47-20-8-7-19-46(43)47)58-53-28-12-10-22-49(53)51-36-39(30-33-56(51)58)42-24-14-25-44-41(23-13-26-45(42)44)38-29-32-55-50(35-38)48-21-9-11-27-52(48)57(55)40-17-5-2-6-18-40/h1-36H. The van der Waals surface area contributed by atoms with Crippen molar-refractivity contribution in [3.05, 3.63) is 218 Å². The largest absolute Gasteiger partial charge is 0.309 e. The van der Waals surface area contributed by atoms with E-state index >= 15 is 0 Å². The molecule has 0 saturated carbocycles. The predicted molar refractivity (Wildman–Crippen MR) is 246 cm³/mol. The third-order valence-corrected chi connectivity index (χ3v) is 12.1. The summed E-state index contributed by atoms with van der Waals surface area (Å²) >= 11 is 0. The molecular weight excluding hydrogens is 701 g/mol. The van der Waals surface area contributed by atoms with E-state index in [-0.39, 0.29) is 0 Å². The average molecular weight is 737 g/mol. The fraction of sp³-hybridized carbons (Fsp3) is 0. The van der Waals surface area contributed by atoms with Gasteiger partial charge in [-0.2, -0.15) is 0 Å². The summed E-state index contributed by atoms with van der Waals surface area (Å²) in [5.41, 5.74) is 14.6. The molecule has 2 heterocycles. The highest BCUT2D eigenvalue weighted by atomic mass is 15.0. The molecule has 0 saturated heterocycles. The second kappa shape index (κ2) is 12.9. The summed E-state index contributed by atoms with van der Waals surface area (Å²) in [4.78, 5) is 0. The van der Waals surface area contributed by atoms with Crippen LogP contribution in [0.4, 0.5) is 0 Å². The van der Waals surface area contributed by atoms with Crippen molar-refractivity contribution in [1.29, 1.82) is 0 Å². The number of benzene rings is 10. The summed E-state index contributed by atoms with van der Waals surface area (Å²) in [5, 5.41) is 10.0. The van der Waals surface area contributed by atoms with E-state index in [4.69, 9.17) is 0 Å². The van der Waals surface area contributed by atoms with Crippen LogP contribution in [0.5, 0.6) is 0 Å². The first-order valence-corrected chi connectivity index (χ1v) is 20.0. The number of hydrogen-bond acceptors (Lipinski definition) is 0. The lowest BCUT2D eigenvalue weighted by Gasteiger charge is -2.15. The maximum atomic E-state index is 2.46. The van der Waals surface area contributed by atoms with Crippen LogP contribution in [0.25, 0.3) is 110 Å². The molecular formula is C56H36N2. The van der Waals surface area contributed by atoms with Gasteiger partial charge >= 0.3 is 0 Å². The molecule has 0 aliphatic carbocycles. The van der Waals surface area contributed by atoms with Crippen LogP contribution in [0.2, 0.25) is 0 Å². The van der Waals surface area contributed by atoms with Gasteiger partial charge in [-0.1, -0.05) is 164 Å². The first kappa shape index (κ1) is 32.6. The molecule has 12 rings (SSSR count). The van der Waals surface area contributed by atoms with E-state index in [2.05, 4.69) is 228 Å². The average Bonchev–Trinajstić information content (AvgIpc) is 3.81. The number of aromatic nitrogens is 2. The van der Waals surface area contributed by atoms with Crippen molar-refractivity contribution in [2.45, 2.75) is 0 Å². The molecule has 2 aromatic heterocycles. The molecule has 0 aliphatic rings. The van der Waals surface area contributed by atoms with Crippen LogP contribution < -0.4 is 0 Å². The molecule has 0 amide bonds. The Morgan fingerprint density at radius 1 is 0.224 bits per heavy atom. The van der Waals surface area contributed by atoms with E-state index < -0.39 is 0 Å². The second-order valence-electron chi connectivity index (χ2n) is 15.3. The van der Waals surface area contributed by atoms with Crippen molar-refractivity contribution >= 4 is 65.2 Å². The molecule has 0 aliphatic heterocycles. The zero-order valence-electron chi connectivity index (χ0n) is 31.7. The summed E-state index contributed by atoms with van der Waals surface area (Å²) in [6.45, 7) is 0. The Bertz CT molecular complexity index is 3550. The van der Waals surface area contributed by atoms with Crippen LogP contribution in [0, 0.1) is 0 Å². The van der Waals surface area contributed by atoms with Crippen molar-refractivity contribution in [3.63, 3.8) is 0 Å². The molecule has 2 nitrogen and oxygen atoms in total. The van der Waals surface area contributed by atoms with E-state index in [1.54, 1.807) is 0 Å². The molecule has 2 heteroatoms. The lowest BCUT2D eigenvalue weighted by molar-refractivity contribution is 1.18. The molecule has 270 valence electrons. The third kappa shape index (κ3) is 4.92. The van der Waals surface area contributed by atoms with Gasteiger partial charge in [0.1, 0.15) is 0 Å². The van der Waals surface area contributed by atoms with Gasteiger partial charge in [-0.25, -0.2) is 0 Å². The zero-order valence-corrected chi connectivity index (χ0v) is 31.7. The summed E-state index contributed by atoms with van der Waals surface area (Å²) in [7, 11) is 0. The number of hydrogen-bond donors (Lipinski definition) is 0. The van der Waals surface area contributed by atoms with Gasteiger partial charge in [-0.3, -0.25) is 0 Å². The Morgan fingerprint density at radius 3 is 1.28 bits per heavy atom. The lowest BCUT2D eigenvalue weighted by atomic mass is 9.92. The Kier molecular flexibility index (Phi) is 7.26. The van der Waals surface area contributed by atoms with Crippen molar-refractivity contribution < 1.29 is 0 Å². The van der Waals surface area contributed by atoms with E-state index in [1.807, 2.05) is 0 Å². The topological polar surface area (TPSA) is 9.86 Å². The fourth-order valence-corrected chi connectivity index (χ4v) is 9.56. The van der Waals surface area contributed by atoms with Crippen molar-refractivity contribution in [2.75, 3.05) is 0 Å². The molecule has 58 heavy (non-hydrogen) atoms. The van der Waals surface area contributed by atoms with Crippen LogP contribution in [0.15, 0.2) is 218 Å². The van der Waals surface area contributed by atoms with Gasteiger partial charge in [0.25, 0.3) is 0 Å². The van der Waals surface area contributed by atoms with Gasteiger partial charge in [-0.15, -0.1) is 0 Å². The van der Waals surface area contributed by atoms with Gasteiger partial charge < -0.3 is 9.13 Å². The summed E-state index contributed by atoms with van der Waals surface area (Å²) < 4.78 is 4.84. The highest BCUT2D eigenvalue weighted by molar-refractivity contribution is 6.15. The van der Waals surface area contributed by atoms with Crippen molar-refractivity contribution in [3.8, 4) is 44.8 Å². The number of fused-ring (bicyclic) bond motifs is 8. The first-order valence-electron chi connectivity index (χ1n) is 20.0. The minimum absolute atomic E-state index is 1.17. The molecule has 0 spiro atoms. The van der Waals surface area contributed by atoms with Gasteiger partial charge in [0.05, 0.1) is 27.8 Å². The second-order valence-corrected chi connectivity index (χ2v) is 15.3. The van der Waals surface area contributed by atoms with Crippen molar-refractivity contribution in [2.24, 2.45) is 0 Å². The van der Waals surface area contributed by atoms with Crippen LogP contribution in [0.1, 0.15) is 0 Å². The van der Waals surface area contributed by atoms with Gasteiger partial charge in [-0.05, 0) is 104 Å². The smallest absolute Gasteiger partial charge is 0.0541 e. The molecule has 12 aromatic rings. The third-order valence-electron chi connectivity index (χ3n) is 12.1. The monoisotopic (exact) mass is 736 g/mol. The first-order chi connectivity index (χ1) is 28.8. The van der Waals surface area contributed by atoms with Crippen LogP contribution >= 0.6 is 0 Å². The van der Waals surface area contributed by atoms with Gasteiger partial charge in [0, 0.05) is 32.6 Å². The molecule has 10 aromatic carbocycles. The minimum atomic E-state index is 1.17. The normalized spacial score (nSPS) is 11.8. The van der Waals surface area contributed by atoms with Crippen LogP contribution in [0.3, 0.4) is 0 Å². The summed E-state index contributed by atoms with van der Waals surface area (Å²) in [5.74, 6) is 0. The van der Waals surface area contributed by atoms with Gasteiger partial charge in [0.15, 0.2) is 0 Å². The predicted octanol–water partition coefficient (Wildman–Crippen LogP) is 15.2. The van der Waals surface area contributed by atoms with E-state index in [1.165, 1.54) is 110 Å². The summed E-state index contributed by atoms with van der Waals surface area (Å²) in [6.07, 6.45) is 0. The minimum Gasteiger partial charge on any atom is -0.309 e. The van der Waals surface area contributed by atoms with Crippen molar-refractivity contribution in [1.82, 2.24) is 9.13 Å². The SMILES string of the molecule is c1ccc(-c2ccc(-n3c4ccccc4c4cc(-c5cccc6c(-c7ccc8c(c7)c7ccccc7n8-c7ccccc7)cccc56)ccc43)c3ccccc23)cc1. The highest BCUT2D eigenvalue weighted by Crippen LogP contribution is 2.42. The van der Waals surface area contributed by atoms with Crippen LogP contribution in [-0.4, -0.2) is 9.13 Å². The molecule has 0 bridgehead atoms. The molecule has 0 atom stereocenters. The maximum Gasteiger partial charge on any atom is 0.0541 e. The Morgan fingerprint density at radius 2 is 0.655 bits per heavy atom. The Hall–Kier alpha value is -7.68. The quantitative estimate of drug-likeness (QED) is 0.167. The Labute approximate surface area is 336 Å². The number of nitrogens with zero attached hydrogens (tertiary/aromatic N) is 2. The maximum absolute atomic E-state index is 2.46. The number of para-hydroxylation sites is 3. The molecule has 0 fully saturated rings. The van der Waals surface area contributed by atoms with E-state index in [0.29, 0.717) is 0 Å². The van der Waals surface area contributed by atoms with E-state index in [0.717, 1.165) is 0 Å². The fourth-order valence-electron chi connectivity index (χ4n) is 9.56. The summed E-state index contributed by atoms with van der Waals surface area (Å²) in [6, 6.07) is 79.9. The molecule has 0 N–H and O–H groups in total. The van der Waals surface area contributed by atoms with Crippen LogP contribution in [-0.2, 0) is 0 Å². The van der Waals surface area contributed by atoms with Gasteiger partial charge in [0.2, 0.25) is 0 Å². The zero-order chi connectivity index (χ0) is 38.2. The molecule has 0 radical (unpaired) electrons. The number of rotatable bonds is 5. The lowest BCUT2D eigenvalue weighted by Crippen LogP contribution is -1.96. The Balaban J connectivity index is 1.02. The molecule has 0 unspecified atom stereocenters.